The molecule has 1 rings (SSSR count). The largest absolute Gasteiger partial charge is 0.316 e. The number of sulfonamides is 1. The van der Waals surface area contributed by atoms with Crippen LogP contribution in [0.2, 0.25) is 0 Å². The highest BCUT2D eigenvalue weighted by Crippen LogP contribution is 2.23. The normalized spacial score (nSPS) is 18.1. The Morgan fingerprint density at radius 1 is 1.19 bits per heavy atom. The zero-order valence-electron chi connectivity index (χ0n) is 10.2. The minimum atomic E-state index is -3.00. The molecule has 0 unspecified atom stereocenters. The molecule has 96 valence electrons. The fourth-order valence-corrected chi connectivity index (χ4v) is 2.72. The average molecular weight is 248 g/mol. The van der Waals surface area contributed by atoms with E-state index in [2.05, 4.69) is 10.0 Å². The Morgan fingerprint density at radius 2 is 1.88 bits per heavy atom. The van der Waals surface area contributed by atoms with Crippen LogP contribution in [0.3, 0.4) is 0 Å². The van der Waals surface area contributed by atoms with Gasteiger partial charge in [0, 0.05) is 6.54 Å². The highest BCUT2D eigenvalue weighted by Gasteiger charge is 2.13. The lowest BCUT2D eigenvalue weighted by Gasteiger charge is -2.10. The molecule has 0 aliphatic heterocycles. The Kier molecular flexibility index (Phi) is 6.31. The van der Waals surface area contributed by atoms with E-state index < -0.39 is 10.0 Å². The van der Waals surface area contributed by atoms with Crippen LogP contribution in [0, 0.1) is 5.92 Å². The molecule has 5 heteroatoms. The minimum absolute atomic E-state index is 0.169. The van der Waals surface area contributed by atoms with Crippen molar-refractivity contribution in [1.29, 1.82) is 0 Å². The molecule has 0 heterocycles. The molecule has 0 aromatic rings. The summed E-state index contributed by atoms with van der Waals surface area (Å²) in [5, 5.41) is 3.40. The van der Waals surface area contributed by atoms with Crippen LogP contribution in [0.1, 0.15) is 39.0 Å². The molecule has 1 aliphatic rings. The van der Waals surface area contributed by atoms with Crippen LogP contribution in [0.4, 0.5) is 0 Å². The summed E-state index contributed by atoms with van der Waals surface area (Å²) in [6.07, 6.45) is 6.34. The van der Waals surface area contributed by atoms with Gasteiger partial charge in [-0.25, -0.2) is 13.1 Å². The van der Waals surface area contributed by atoms with E-state index in [1.165, 1.54) is 25.7 Å². The number of nitrogens with one attached hydrogen (secondary N) is 2. The molecular formula is C11H24N2O2S. The maximum Gasteiger partial charge on any atom is 0.211 e. The van der Waals surface area contributed by atoms with Gasteiger partial charge in [0.05, 0.1) is 5.75 Å². The summed E-state index contributed by atoms with van der Waals surface area (Å²) >= 11 is 0. The minimum Gasteiger partial charge on any atom is -0.316 e. The molecule has 0 aromatic carbocycles. The van der Waals surface area contributed by atoms with Crippen LogP contribution in [-0.2, 0) is 10.0 Å². The van der Waals surface area contributed by atoms with E-state index in [4.69, 9.17) is 0 Å². The highest BCUT2D eigenvalue weighted by molar-refractivity contribution is 7.89. The Bertz CT molecular complexity index is 272. The van der Waals surface area contributed by atoms with Crippen LogP contribution >= 0.6 is 0 Å². The van der Waals surface area contributed by atoms with E-state index in [1.54, 1.807) is 6.92 Å². The molecule has 16 heavy (non-hydrogen) atoms. The fraction of sp³-hybridized carbons (Fsp3) is 1.00. The molecule has 0 atom stereocenters. The molecule has 0 saturated heterocycles. The Hall–Kier alpha value is -0.130. The standard InChI is InChI=1S/C11H24N2O2S/c1-2-16(14,15)13-9-5-8-12-10-11-6-3-4-7-11/h11-13H,2-10H2,1H3. The highest BCUT2D eigenvalue weighted by atomic mass is 32.2. The Labute approximate surface area is 99.2 Å². The first-order valence-electron chi connectivity index (χ1n) is 6.32. The zero-order chi connectivity index (χ0) is 11.9. The molecule has 0 radical (unpaired) electrons. The molecule has 0 spiro atoms. The van der Waals surface area contributed by atoms with Crippen LogP contribution in [0.15, 0.2) is 0 Å². The van der Waals surface area contributed by atoms with E-state index in [1.807, 2.05) is 0 Å². The maximum absolute atomic E-state index is 11.1. The molecule has 0 amide bonds. The van der Waals surface area contributed by atoms with Gasteiger partial charge in [-0.3, -0.25) is 0 Å². The molecule has 0 bridgehead atoms. The van der Waals surface area contributed by atoms with Gasteiger partial charge in [0.1, 0.15) is 0 Å². The maximum atomic E-state index is 11.1. The molecular weight excluding hydrogens is 224 g/mol. The van der Waals surface area contributed by atoms with E-state index in [9.17, 15) is 8.42 Å². The van der Waals surface area contributed by atoms with Crippen molar-refractivity contribution in [1.82, 2.24) is 10.0 Å². The second-order valence-corrected chi connectivity index (χ2v) is 6.60. The van der Waals surface area contributed by atoms with Gasteiger partial charge in [0.2, 0.25) is 10.0 Å². The number of hydrogen-bond acceptors (Lipinski definition) is 3. The predicted octanol–water partition coefficient (Wildman–Crippen LogP) is 1.10. The first-order valence-corrected chi connectivity index (χ1v) is 7.97. The second-order valence-electron chi connectivity index (χ2n) is 4.51. The van der Waals surface area contributed by atoms with Crippen molar-refractivity contribution in [2.75, 3.05) is 25.4 Å². The van der Waals surface area contributed by atoms with Crippen LogP contribution < -0.4 is 10.0 Å². The Balaban J connectivity index is 1.92. The zero-order valence-corrected chi connectivity index (χ0v) is 11.0. The van der Waals surface area contributed by atoms with Crippen molar-refractivity contribution in [2.45, 2.75) is 39.0 Å². The van der Waals surface area contributed by atoms with Crippen LogP contribution in [-0.4, -0.2) is 33.8 Å². The van der Waals surface area contributed by atoms with Crippen LogP contribution in [0.25, 0.3) is 0 Å². The van der Waals surface area contributed by atoms with Gasteiger partial charge in [-0.05, 0) is 45.2 Å². The van der Waals surface area contributed by atoms with Gasteiger partial charge in [0.25, 0.3) is 0 Å². The summed E-state index contributed by atoms with van der Waals surface area (Å²) in [7, 11) is -3.00. The first kappa shape index (κ1) is 13.9. The van der Waals surface area contributed by atoms with Gasteiger partial charge in [-0.2, -0.15) is 0 Å². The molecule has 1 fully saturated rings. The Morgan fingerprint density at radius 3 is 2.50 bits per heavy atom. The SMILES string of the molecule is CCS(=O)(=O)NCCCNCC1CCCC1. The molecule has 1 saturated carbocycles. The van der Waals surface area contributed by atoms with Crippen molar-refractivity contribution in [3.05, 3.63) is 0 Å². The van der Waals surface area contributed by atoms with Crippen molar-refractivity contribution in [2.24, 2.45) is 5.92 Å². The van der Waals surface area contributed by atoms with Crippen molar-refractivity contribution >= 4 is 10.0 Å². The van der Waals surface area contributed by atoms with Crippen LogP contribution in [0.5, 0.6) is 0 Å². The second kappa shape index (κ2) is 7.25. The lowest BCUT2D eigenvalue weighted by molar-refractivity contribution is 0.484. The van der Waals surface area contributed by atoms with Gasteiger partial charge in [-0.1, -0.05) is 12.8 Å². The summed E-state index contributed by atoms with van der Waals surface area (Å²) < 4.78 is 24.8. The summed E-state index contributed by atoms with van der Waals surface area (Å²) in [6.45, 7) is 4.21. The smallest absolute Gasteiger partial charge is 0.211 e. The fourth-order valence-electron chi connectivity index (χ4n) is 2.06. The van der Waals surface area contributed by atoms with Crippen molar-refractivity contribution in [3.8, 4) is 0 Å². The quantitative estimate of drug-likeness (QED) is 0.632. The molecule has 0 aromatic heterocycles. The summed E-state index contributed by atoms with van der Waals surface area (Å²) in [4.78, 5) is 0. The van der Waals surface area contributed by atoms with Crippen molar-refractivity contribution in [3.63, 3.8) is 0 Å². The van der Waals surface area contributed by atoms with Gasteiger partial charge in [-0.15, -0.1) is 0 Å². The monoisotopic (exact) mass is 248 g/mol. The van der Waals surface area contributed by atoms with Gasteiger partial charge < -0.3 is 5.32 Å². The van der Waals surface area contributed by atoms with Gasteiger partial charge >= 0.3 is 0 Å². The van der Waals surface area contributed by atoms with E-state index >= 15 is 0 Å². The van der Waals surface area contributed by atoms with E-state index in [0.717, 1.165) is 25.4 Å². The molecule has 4 nitrogen and oxygen atoms in total. The third kappa shape index (κ3) is 5.82. The number of hydrogen-bond donors (Lipinski definition) is 2. The summed E-state index contributed by atoms with van der Waals surface area (Å²) in [5.74, 6) is 1.02. The van der Waals surface area contributed by atoms with E-state index in [0.29, 0.717) is 6.54 Å². The van der Waals surface area contributed by atoms with Crippen molar-refractivity contribution < 1.29 is 8.42 Å². The molecule has 2 N–H and O–H groups in total. The third-order valence-corrected chi connectivity index (χ3v) is 4.54. The lowest BCUT2D eigenvalue weighted by atomic mass is 10.1. The van der Waals surface area contributed by atoms with Gasteiger partial charge in [0.15, 0.2) is 0 Å². The first-order chi connectivity index (χ1) is 7.64. The summed E-state index contributed by atoms with van der Waals surface area (Å²) in [5.41, 5.74) is 0. The van der Waals surface area contributed by atoms with E-state index in [-0.39, 0.29) is 5.75 Å². The third-order valence-electron chi connectivity index (χ3n) is 3.14. The summed E-state index contributed by atoms with van der Waals surface area (Å²) in [6, 6.07) is 0. The predicted molar refractivity (Wildman–Crippen MR) is 66.9 cm³/mol. The topological polar surface area (TPSA) is 58.2 Å². The average Bonchev–Trinajstić information content (AvgIpc) is 2.76. The molecule has 1 aliphatic carbocycles. The number of rotatable bonds is 8. The lowest BCUT2D eigenvalue weighted by Crippen LogP contribution is -2.29.